The Morgan fingerprint density at radius 1 is 1.38 bits per heavy atom. The van der Waals surface area contributed by atoms with Gasteiger partial charge >= 0.3 is 0 Å². The maximum absolute atomic E-state index is 11.7. The lowest BCUT2D eigenvalue weighted by atomic mass is 10.1. The standard InChI is InChI=1S/C12H15NO3S.CH3NOS/c1-13(2)12(17)16-8-7-11(15)9-5-3-4-6-10(9)14;2-1(3)4/h3-6,14H,7-8H2,1-2H3;(H3,2,3,4). The molecule has 0 aliphatic carbocycles. The highest BCUT2D eigenvalue weighted by Gasteiger charge is 2.10. The van der Waals surface area contributed by atoms with Crippen molar-refractivity contribution in [3.05, 3.63) is 29.8 Å². The number of thiol groups is 1. The molecule has 0 radical (unpaired) electrons. The summed E-state index contributed by atoms with van der Waals surface area (Å²) in [5, 5.41) is 9.19. The van der Waals surface area contributed by atoms with Crippen LogP contribution in [0.15, 0.2) is 24.3 Å². The van der Waals surface area contributed by atoms with Crippen molar-refractivity contribution in [2.24, 2.45) is 5.73 Å². The Balaban J connectivity index is 0.000000885. The van der Waals surface area contributed by atoms with Crippen LogP contribution in [0.1, 0.15) is 16.8 Å². The molecule has 6 nitrogen and oxygen atoms in total. The van der Waals surface area contributed by atoms with E-state index in [4.69, 9.17) is 21.7 Å². The van der Waals surface area contributed by atoms with Gasteiger partial charge in [-0.3, -0.25) is 9.59 Å². The number of rotatable bonds is 4. The third-order valence-corrected chi connectivity index (χ3v) is 2.61. The van der Waals surface area contributed by atoms with E-state index in [1.54, 1.807) is 37.2 Å². The summed E-state index contributed by atoms with van der Waals surface area (Å²) in [6.45, 7) is 0.212. The van der Waals surface area contributed by atoms with Crippen LogP contribution in [0.2, 0.25) is 0 Å². The molecule has 116 valence electrons. The summed E-state index contributed by atoms with van der Waals surface area (Å²) in [6, 6.07) is 6.45. The Morgan fingerprint density at radius 3 is 2.38 bits per heavy atom. The summed E-state index contributed by atoms with van der Waals surface area (Å²) in [7, 11) is 3.54. The maximum Gasteiger partial charge on any atom is 0.273 e. The molecule has 0 atom stereocenters. The van der Waals surface area contributed by atoms with Gasteiger partial charge in [-0.25, -0.2) is 0 Å². The van der Waals surface area contributed by atoms with Gasteiger partial charge in [0.1, 0.15) is 5.75 Å². The lowest BCUT2D eigenvalue weighted by molar-refractivity contribution is 0.0954. The van der Waals surface area contributed by atoms with E-state index in [1.807, 2.05) is 0 Å². The normalized spacial score (nSPS) is 9.10. The van der Waals surface area contributed by atoms with Gasteiger partial charge in [0.2, 0.25) is 0 Å². The van der Waals surface area contributed by atoms with Gasteiger partial charge < -0.3 is 20.5 Å². The molecule has 8 heteroatoms. The Kier molecular flexibility index (Phi) is 9.15. The summed E-state index contributed by atoms with van der Waals surface area (Å²) in [6.07, 6.45) is 0.186. The van der Waals surface area contributed by atoms with Crippen molar-refractivity contribution < 1.29 is 19.4 Å². The van der Waals surface area contributed by atoms with Gasteiger partial charge in [0, 0.05) is 20.5 Å². The number of primary amides is 1. The molecule has 21 heavy (non-hydrogen) atoms. The molecule has 0 fully saturated rings. The number of thiocarbonyl (C=S) groups is 1. The quantitative estimate of drug-likeness (QED) is 0.443. The van der Waals surface area contributed by atoms with Crippen LogP contribution < -0.4 is 5.73 Å². The number of phenolic OH excluding ortho intramolecular Hbond substituents is 1. The highest BCUT2D eigenvalue weighted by molar-refractivity contribution is 7.96. The summed E-state index contributed by atoms with van der Waals surface area (Å²) < 4.78 is 5.19. The number of amides is 1. The second kappa shape index (κ2) is 10.0. The van der Waals surface area contributed by atoms with Crippen molar-refractivity contribution in [3.63, 3.8) is 0 Å². The molecule has 1 aromatic rings. The zero-order valence-electron chi connectivity index (χ0n) is 11.8. The number of para-hydroxylation sites is 1. The third kappa shape index (κ3) is 8.87. The second-order valence-corrected chi connectivity index (χ2v) is 4.83. The average Bonchev–Trinajstić information content (AvgIpc) is 2.38. The fraction of sp³-hybridized carbons (Fsp3) is 0.308. The summed E-state index contributed by atoms with van der Waals surface area (Å²) in [5.41, 5.74) is 4.65. The summed E-state index contributed by atoms with van der Waals surface area (Å²) in [5.74, 6) is -0.169. The van der Waals surface area contributed by atoms with Crippen LogP contribution in [0.4, 0.5) is 4.79 Å². The first-order valence-corrected chi connectivity index (χ1v) is 6.75. The zero-order valence-corrected chi connectivity index (χ0v) is 13.5. The Bertz CT molecular complexity index is 503. The fourth-order valence-corrected chi connectivity index (χ4v) is 1.29. The molecular formula is C13H18N2O4S2. The molecule has 0 heterocycles. The molecule has 0 saturated heterocycles. The molecule has 3 N–H and O–H groups in total. The van der Waals surface area contributed by atoms with E-state index >= 15 is 0 Å². The number of hydrogen-bond donors (Lipinski definition) is 3. The third-order valence-electron chi connectivity index (χ3n) is 2.12. The van der Waals surface area contributed by atoms with E-state index in [0.717, 1.165) is 0 Å². The van der Waals surface area contributed by atoms with E-state index < -0.39 is 5.24 Å². The van der Waals surface area contributed by atoms with Crippen LogP contribution in [0, 0.1) is 0 Å². The highest BCUT2D eigenvalue weighted by atomic mass is 32.1. The van der Waals surface area contributed by atoms with Gasteiger partial charge in [0.25, 0.3) is 10.4 Å². The number of aromatic hydroxyl groups is 1. The monoisotopic (exact) mass is 330 g/mol. The molecule has 0 spiro atoms. The Hall–Kier alpha value is -1.80. The minimum atomic E-state index is -0.639. The van der Waals surface area contributed by atoms with Gasteiger partial charge in [0.05, 0.1) is 12.2 Å². The van der Waals surface area contributed by atoms with Crippen LogP contribution in [0.5, 0.6) is 5.75 Å². The van der Waals surface area contributed by atoms with Gasteiger partial charge in [-0.2, -0.15) is 0 Å². The lowest BCUT2D eigenvalue weighted by Crippen LogP contribution is -2.23. The van der Waals surface area contributed by atoms with Gasteiger partial charge in [0.15, 0.2) is 5.78 Å². The first-order valence-electron chi connectivity index (χ1n) is 5.89. The number of carbonyl (C=O) groups is 2. The SMILES string of the molecule is CN(C)C(=S)OCCC(=O)c1ccccc1O.NC(=O)S. The first kappa shape index (κ1) is 19.2. The van der Waals surface area contributed by atoms with E-state index in [-0.39, 0.29) is 24.6 Å². The van der Waals surface area contributed by atoms with E-state index in [2.05, 4.69) is 18.4 Å². The highest BCUT2D eigenvalue weighted by Crippen LogP contribution is 2.17. The number of Topliss-reactive ketones (excluding diaryl/α,β-unsaturated/α-hetero) is 1. The van der Waals surface area contributed by atoms with Gasteiger partial charge in [-0.05, 0) is 24.4 Å². The predicted molar refractivity (Wildman–Crippen MR) is 87.9 cm³/mol. The number of ether oxygens (including phenoxy) is 1. The smallest absolute Gasteiger partial charge is 0.273 e. The first-order chi connectivity index (χ1) is 9.75. The average molecular weight is 330 g/mol. The van der Waals surface area contributed by atoms with E-state index in [0.29, 0.717) is 10.7 Å². The summed E-state index contributed by atoms with van der Waals surface area (Å²) in [4.78, 5) is 22.5. The van der Waals surface area contributed by atoms with Crippen LogP contribution in [0.3, 0.4) is 0 Å². The van der Waals surface area contributed by atoms with Crippen LogP contribution in [0.25, 0.3) is 0 Å². The number of phenols is 1. The van der Waals surface area contributed by atoms with Crippen molar-refractivity contribution in [1.29, 1.82) is 0 Å². The number of ketones is 1. The molecule has 1 rings (SSSR count). The summed E-state index contributed by atoms with van der Waals surface area (Å²) >= 11 is 8.02. The van der Waals surface area contributed by atoms with Crippen LogP contribution >= 0.6 is 24.8 Å². The molecular weight excluding hydrogens is 312 g/mol. The van der Waals surface area contributed by atoms with E-state index in [9.17, 15) is 9.90 Å². The molecule has 0 aromatic heterocycles. The molecule has 0 saturated carbocycles. The van der Waals surface area contributed by atoms with Crippen molar-refractivity contribution in [2.45, 2.75) is 6.42 Å². The fourth-order valence-electron chi connectivity index (χ4n) is 1.20. The topological polar surface area (TPSA) is 92.9 Å². The number of hydrogen-bond acceptors (Lipinski definition) is 5. The minimum absolute atomic E-state index is 0.00677. The minimum Gasteiger partial charge on any atom is -0.507 e. The second-order valence-electron chi connectivity index (χ2n) is 4.04. The zero-order chi connectivity index (χ0) is 16.4. The number of nitrogens with zero attached hydrogens (tertiary/aromatic N) is 1. The molecule has 0 aliphatic heterocycles. The number of nitrogens with two attached hydrogens (primary N) is 1. The molecule has 0 aliphatic rings. The predicted octanol–water partition coefficient (Wildman–Crippen LogP) is 1.82. The van der Waals surface area contributed by atoms with Crippen LogP contribution in [-0.2, 0) is 4.74 Å². The number of benzene rings is 1. The molecule has 0 bridgehead atoms. The van der Waals surface area contributed by atoms with Crippen molar-refractivity contribution in [1.82, 2.24) is 4.90 Å². The Labute approximate surface area is 134 Å². The Morgan fingerprint density at radius 2 is 1.90 bits per heavy atom. The van der Waals surface area contributed by atoms with Crippen molar-refractivity contribution in [2.75, 3.05) is 20.7 Å². The molecule has 1 aromatic carbocycles. The van der Waals surface area contributed by atoms with Crippen molar-refractivity contribution >= 4 is 41.0 Å². The molecule has 0 unspecified atom stereocenters. The van der Waals surface area contributed by atoms with Crippen LogP contribution in [-0.4, -0.2) is 46.9 Å². The number of carbonyl (C=O) groups excluding carboxylic acids is 2. The maximum atomic E-state index is 11.7. The van der Waals surface area contributed by atoms with Crippen molar-refractivity contribution in [3.8, 4) is 5.75 Å². The van der Waals surface area contributed by atoms with E-state index in [1.165, 1.54) is 6.07 Å². The largest absolute Gasteiger partial charge is 0.507 e. The molecule has 1 amide bonds. The van der Waals surface area contributed by atoms with Gasteiger partial charge in [-0.15, -0.1) is 0 Å². The van der Waals surface area contributed by atoms with Gasteiger partial charge in [-0.1, -0.05) is 24.8 Å². The lowest BCUT2D eigenvalue weighted by Gasteiger charge is -2.13.